The van der Waals surface area contributed by atoms with Crippen LogP contribution in [0.2, 0.25) is 0 Å². The van der Waals surface area contributed by atoms with Gasteiger partial charge in [0.1, 0.15) is 0 Å². The Morgan fingerprint density at radius 3 is 2.42 bits per heavy atom. The van der Waals surface area contributed by atoms with E-state index in [9.17, 15) is 4.79 Å². The van der Waals surface area contributed by atoms with Crippen LogP contribution in [0.15, 0.2) is 47.7 Å². The van der Waals surface area contributed by atoms with Gasteiger partial charge in [0.05, 0.1) is 5.69 Å². The number of piperazine rings is 1. The Bertz CT molecular complexity index is 873. The summed E-state index contributed by atoms with van der Waals surface area (Å²) in [6.07, 6.45) is 8.05. The molecule has 8 nitrogen and oxygen atoms in total. The van der Waals surface area contributed by atoms with Crippen LogP contribution in [-0.4, -0.2) is 84.3 Å². The average Bonchev–Trinajstić information content (AvgIpc) is 3.33. The molecule has 0 bridgehead atoms. The molecule has 0 spiro atoms. The van der Waals surface area contributed by atoms with E-state index >= 15 is 0 Å². The van der Waals surface area contributed by atoms with Crippen LogP contribution in [0, 0.1) is 5.92 Å². The molecule has 1 aliphatic carbocycles. The Morgan fingerprint density at radius 1 is 1.09 bits per heavy atom. The van der Waals surface area contributed by atoms with E-state index in [-0.39, 0.29) is 24.0 Å². The zero-order valence-electron chi connectivity index (χ0n) is 19.4. The lowest BCUT2D eigenvalue weighted by molar-refractivity contribution is -0.139. The second kappa shape index (κ2) is 12.9. The predicted molar refractivity (Wildman–Crippen MR) is 142 cm³/mol. The summed E-state index contributed by atoms with van der Waals surface area (Å²) in [5.41, 5.74) is 2.34. The van der Waals surface area contributed by atoms with Crippen molar-refractivity contribution in [3.8, 4) is 5.69 Å². The highest BCUT2D eigenvalue weighted by molar-refractivity contribution is 14.0. The number of carbonyl (C=O) groups is 1. The molecule has 2 aliphatic rings. The van der Waals surface area contributed by atoms with Crippen molar-refractivity contribution in [3.05, 3.63) is 48.3 Å². The standard InChI is InChI=1S/C24H35N7O.HI/c1-25-24(26-12-10-20-6-8-22(9-7-20)31-14-3-11-28-31)27-13-15-29-16-18-30(19-17-29)23(32)21-4-2-5-21;/h3,6-9,11,14,21H,2,4-5,10,12-13,15-19H2,1H3,(H2,25,26,27);1H. The van der Waals surface area contributed by atoms with Gasteiger partial charge in [-0.25, -0.2) is 4.68 Å². The predicted octanol–water partition coefficient (Wildman–Crippen LogP) is 2.14. The first-order chi connectivity index (χ1) is 15.7. The summed E-state index contributed by atoms with van der Waals surface area (Å²) in [6, 6.07) is 10.4. The van der Waals surface area contributed by atoms with Crippen molar-refractivity contribution in [1.82, 2.24) is 30.2 Å². The molecule has 2 heterocycles. The topological polar surface area (TPSA) is 77.8 Å². The third-order valence-electron chi connectivity index (χ3n) is 6.49. The van der Waals surface area contributed by atoms with Crippen LogP contribution < -0.4 is 10.6 Å². The van der Waals surface area contributed by atoms with Gasteiger partial charge in [0.25, 0.3) is 0 Å². The van der Waals surface area contributed by atoms with Crippen molar-refractivity contribution < 1.29 is 4.79 Å². The summed E-state index contributed by atoms with van der Waals surface area (Å²) in [6.45, 7) is 6.27. The molecule has 2 N–H and O–H groups in total. The van der Waals surface area contributed by atoms with Gasteiger partial charge in [-0.1, -0.05) is 18.6 Å². The van der Waals surface area contributed by atoms with E-state index in [2.05, 4.69) is 54.8 Å². The first kappa shape index (κ1) is 25.5. The Labute approximate surface area is 213 Å². The molecule has 1 aromatic carbocycles. The average molecular weight is 566 g/mol. The lowest BCUT2D eigenvalue weighted by Gasteiger charge is -2.38. The van der Waals surface area contributed by atoms with Crippen molar-refractivity contribution in [2.45, 2.75) is 25.7 Å². The summed E-state index contributed by atoms with van der Waals surface area (Å²) in [4.78, 5) is 21.2. The number of halogens is 1. The van der Waals surface area contributed by atoms with Crippen LogP contribution in [0.1, 0.15) is 24.8 Å². The minimum atomic E-state index is 0. The van der Waals surface area contributed by atoms with Crippen LogP contribution in [0.4, 0.5) is 0 Å². The molecule has 33 heavy (non-hydrogen) atoms. The lowest BCUT2D eigenvalue weighted by atomic mass is 9.84. The second-order valence-electron chi connectivity index (χ2n) is 8.59. The lowest BCUT2D eigenvalue weighted by Crippen LogP contribution is -2.52. The van der Waals surface area contributed by atoms with E-state index in [1.54, 1.807) is 13.2 Å². The molecule has 180 valence electrons. The smallest absolute Gasteiger partial charge is 0.225 e. The van der Waals surface area contributed by atoms with E-state index < -0.39 is 0 Å². The van der Waals surface area contributed by atoms with Gasteiger partial charge >= 0.3 is 0 Å². The minimum absolute atomic E-state index is 0. The Balaban J connectivity index is 0.00000306. The van der Waals surface area contributed by atoms with Gasteiger partial charge in [0.2, 0.25) is 5.91 Å². The molecule has 1 saturated heterocycles. The van der Waals surface area contributed by atoms with E-state index in [0.29, 0.717) is 11.8 Å². The number of nitrogens with zero attached hydrogens (tertiary/aromatic N) is 5. The van der Waals surface area contributed by atoms with E-state index in [4.69, 9.17) is 0 Å². The number of hydrogen-bond acceptors (Lipinski definition) is 4. The molecule has 1 aliphatic heterocycles. The van der Waals surface area contributed by atoms with Gasteiger partial charge in [-0.3, -0.25) is 14.7 Å². The number of benzene rings is 1. The van der Waals surface area contributed by atoms with Gasteiger partial charge in [0, 0.05) is 71.2 Å². The van der Waals surface area contributed by atoms with Crippen LogP contribution in [-0.2, 0) is 11.2 Å². The monoisotopic (exact) mass is 565 g/mol. The number of guanidine groups is 1. The van der Waals surface area contributed by atoms with Crippen molar-refractivity contribution in [2.24, 2.45) is 10.9 Å². The van der Waals surface area contributed by atoms with Gasteiger partial charge < -0.3 is 15.5 Å². The highest BCUT2D eigenvalue weighted by atomic mass is 127. The van der Waals surface area contributed by atoms with E-state index in [1.807, 2.05) is 16.9 Å². The summed E-state index contributed by atoms with van der Waals surface area (Å²) in [7, 11) is 1.80. The molecule has 1 saturated carbocycles. The number of carbonyl (C=O) groups excluding carboxylic acids is 1. The Hall–Kier alpha value is -2.14. The van der Waals surface area contributed by atoms with Gasteiger partial charge in [-0.2, -0.15) is 5.10 Å². The molecule has 1 aromatic heterocycles. The summed E-state index contributed by atoms with van der Waals surface area (Å²) in [5.74, 6) is 1.53. The third-order valence-corrected chi connectivity index (χ3v) is 6.49. The minimum Gasteiger partial charge on any atom is -0.356 e. The van der Waals surface area contributed by atoms with E-state index in [0.717, 1.165) is 76.7 Å². The highest BCUT2D eigenvalue weighted by Crippen LogP contribution is 2.28. The first-order valence-corrected chi connectivity index (χ1v) is 11.8. The molecule has 4 rings (SSSR count). The quantitative estimate of drug-likeness (QED) is 0.292. The molecule has 2 fully saturated rings. The van der Waals surface area contributed by atoms with Crippen molar-refractivity contribution in [3.63, 3.8) is 0 Å². The number of aromatic nitrogens is 2. The molecule has 1 amide bonds. The fourth-order valence-corrected chi connectivity index (χ4v) is 4.22. The normalized spacial score (nSPS) is 17.2. The SMILES string of the molecule is CN=C(NCCc1ccc(-n2cccn2)cc1)NCCN1CCN(C(=O)C2CCC2)CC1.I. The molecule has 0 radical (unpaired) electrons. The van der Waals surface area contributed by atoms with Gasteiger partial charge in [0.15, 0.2) is 5.96 Å². The maximum atomic E-state index is 12.4. The maximum absolute atomic E-state index is 12.4. The van der Waals surface area contributed by atoms with Crippen LogP contribution in [0.3, 0.4) is 0 Å². The number of nitrogens with one attached hydrogen (secondary N) is 2. The van der Waals surface area contributed by atoms with Gasteiger partial charge in [-0.05, 0) is 43.0 Å². The Morgan fingerprint density at radius 2 is 1.82 bits per heavy atom. The fraction of sp³-hybridized carbons (Fsp3) is 0.542. The van der Waals surface area contributed by atoms with Crippen molar-refractivity contribution in [1.29, 1.82) is 0 Å². The number of hydrogen-bond donors (Lipinski definition) is 2. The largest absolute Gasteiger partial charge is 0.356 e. The van der Waals surface area contributed by atoms with E-state index in [1.165, 1.54) is 12.0 Å². The molecular weight excluding hydrogens is 529 g/mol. The third kappa shape index (κ3) is 7.17. The zero-order valence-corrected chi connectivity index (χ0v) is 21.8. The second-order valence-corrected chi connectivity index (χ2v) is 8.59. The van der Waals surface area contributed by atoms with Crippen molar-refractivity contribution >= 4 is 35.8 Å². The number of rotatable bonds is 8. The molecule has 9 heteroatoms. The zero-order chi connectivity index (χ0) is 22.2. The highest BCUT2D eigenvalue weighted by Gasteiger charge is 2.30. The first-order valence-electron chi connectivity index (χ1n) is 11.8. The van der Waals surface area contributed by atoms with Gasteiger partial charge in [-0.15, -0.1) is 24.0 Å². The van der Waals surface area contributed by atoms with Crippen LogP contribution in [0.5, 0.6) is 0 Å². The van der Waals surface area contributed by atoms with Crippen molar-refractivity contribution in [2.75, 3.05) is 52.9 Å². The Kier molecular flexibility index (Phi) is 9.98. The molecule has 0 atom stereocenters. The fourth-order valence-electron chi connectivity index (χ4n) is 4.22. The number of aliphatic imine (C=N–C) groups is 1. The summed E-state index contributed by atoms with van der Waals surface area (Å²) in [5, 5.41) is 11.1. The maximum Gasteiger partial charge on any atom is 0.225 e. The van der Waals surface area contributed by atoms with Crippen LogP contribution >= 0.6 is 24.0 Å². The molecular formula is C24H36IN7O. The van der Waals surface area contributed by atoms with Crippen LogP contribution in [0.25, 0.3) is 5.69 Å². The summed E-state index contributed by atoms with van der Waals surface area (Å²) < 4.78 is 1.86. The molecule has 2 aromatic rings. The molecule has 0 unspecified atom stereocenters. The summed E-state index contributed by atoms with van der Waals surface area (Å²) >= 11 is 0. The number of amides is 1.